The van der Waals surface area contributed by atoms with Gasteiger partial charge in [0.05, 0.1) is 0 Å². The number of urea groups is 1. The fraction of sp³-hybridized carbons (Fsp3) is 0.111. The Morgan fingerprint density at radius 2 is 1.81 bits per heavy atom. The number of carbonyl (C=O) groups is 1. The molecule has 0 saturated heterocycles. The van der Waals surface area contributed by atoms with Crippen molar-refractivity contribution in [2.24, 2.45) is 10.7 Å². The predicted molar refractivity (Wildman–Crippen MR) is 49.2 cm³/mol. The maximum atomic E-state index is 12.9. The third kappa shape index (κ3) is 1.60. The minimum atomic E-state index is -1.57. The lowest BCUT2D eigenvalue weighted by molar-refractivity contribution is 0.250. The molecule has 1 aliphatic heterocycles. The Morgan fingerprint density at radius 3 is 2.25 bits per heavy atom. The summed E-state index contributed by atoms with van der Waals surface area (Å²) in [6.45, 7) is 0. The van der Waals surface area contributed by atoms with Gasteiger partial charge in [-0.1, -0.05) is 0 Å². The summed E-state index contributed by atoms with van der Waals surface area (Å²) in [5.41, 5.74) is 5.37. The zero-order valence-corrected chi connectivity index (χ0v) is 7.80. The Kier molecular flexibility index (Phi) is 2.30. The van der Waals surface area contributed by atoms with E-state index in [0.717, 1.165) is 12.1 Å². The summed E-state index contributed by atoms with van der Waals surface area (Å²) < 4.78 is 38.5. The molecule has 1 aromatic rings. The number of hydrogen-bond acceptors (Lipinski definition) is 2. The first-order chi connectivity index (χ1) is 7.49. The second kappa shape index (κ2) is 3.51. The number of nitrogens with zero attached hydrogens (tertiary/aromatic N) is 1. The van der Waals surface area contributed by atoms with E-state index >= 15 is 0 Å². The third-order valence-corrected chi connectivity index (χ3v) is 2.13. The number of amides is 2. The monoisotopic (exact) mass is 229 g/mol. The molecule has 1 aliphatic rings. The highest BCUT2D eigenvalue weighted by atomic mass is 19.2. The lowest BCUT2D eigenvalue weighted by Gasteiger charge is -2.11. The lowest BCUT2D eigenvalue weighted by Crippen LogP contribution is -2.28. The van der Waals surface area contributed by atoms with Crippen LogP contribution >= 0.6 is 0 Å². The van der Waals surface area contributed by atoms with Crippen LogP contribution in [0.3, 0.4) is 0 Å². The number of halogens is 3. The SMILES string of the molecule is NC1=NC(=O)NC1c1cc(F)c(F)c(F)c1. The Bertz CT molecular complexity index is 478. The molecular formula is C9H6F3N3O. The quantitative estimate of drug-likeness (QED) is 0.711. The fourth-order valence-corrected chi connectivity index (χ4v) is 1.41. The van der Waals surface area contributed by atoms with E-state index < -0.39 is 29.5 Å². The van der Waals surface area contributed by atoms with E-state index in [1.165, 1.54) is 0 Å². The Morgan fingerprint density at radius 1 is 1.25 bits per heavy atom. The summed E-state index contributed by atoms with van der Waals surface area (Å²) in [7, 11) is 0. The van der Waals surface area contributed by atoms with Crippen LogP contribution in [0.15, 0.2) is 17.1 Å². The van der Waals surface area contributed by atoms with Crippen molar-refractivity contribution in [1.82, 2.24) is 5.32 Å². The van der Waals surface area contributed by atoms with Crippen LogP contribution in [-0.4, -0.2) is 11.9 Å². The first-order valence-electron chi connectivity index (χ1n) is 4.28. The maximum Gasteiger partial charge on any atom is 0.343 e. The average molecular weight is 229 g/mol. The van der Waals surface area contributed by atoms with E-state index in [-0.39, 0.29) is 11.4 Å². The number of benzene rings is 1. The topological polar surface area (TPSA) is 67.5 Å². The van der Waals surface area contributed by atoms with Crippen LogP contribution in [0.25, 0.3) is 0 Å². The van der Waals surface area contributed by atoms with Gasteiger partial charge in [0, 0.05) is 0 Å². The van der Waals surface area contributed by atoms with Crippen molar-refractivity contribution in [1.29, 1.82) is 0 Å². The van der Waals surface area contributed by atoms with Crippen molar-refractivity contribution >= 4 is 11.9 Å². The van der Waals surface area contributed by atoms with Crippen molar-refractivity contribution in [3.8, 4) is 0 Å². The zero-order valence-electron chi connectivity index (χ0n) is 7.80. The van der Waals surface area contributed by atoms with Gasteiger partial charge < -0.3 is 11.1 Å². The molecule has 1 aromatic carbocycles. The third-order valence-electron chi connectivity index (χ3n) is 2.13. The number of nitrogens with one attached hydrogen (secondary N) is 1. The summed E-state index contributed by atoms with van der Waals surface area (Å²) in [6.07, 6.45) is 0. The molecule has 0 saturated carbocycles. The number of hydrogen-bond donors (Lipinski definition) is 2. The number of rotatable bonds is 1. The molecule has 0 aromatic heterocycles. The molecule has 1 heterocycles. The van der Waals surface area contributed by atoms with Gasteiger partial charge in [-0.15, -0.1) is 0 Å². The second-order valence-electron chi connectivity index (χ2n) is 3.22. The summed E-state index contributed by atoms with van der Waals surface area (Å²) in [4.78, 5) is 14.2. The molecule has 0 aliphatic carbocycles. The highest BCUT2D eigenvalue weighted by molar-refractivity contribution is 6.03. The Balaban J connectivity index is 2.43. The molecule has 3 N–H and O–H groups in total. The molecule has 1 unspecified atom stereocenters. The molecule has 1 atom stereocenters. The van der Waals surface area contributed by atoms with Gasteiger partial charge in [-0.05, 0) is 17.7 Å². The number of aliphatic imine (C=N–C) groups is 1. The largest absolute Gasteiger partial charge is 0.385 e. The minimum Gasteiger partial charge on any atom is -0.385 e. The van der Waals surface area contributed by atoms with E-state index in [1.807, 2.05) is 0 Å². The van der Waals surface area contributed by atoms with E-state index in [9.17, 15) is 18.0 Å². The second-order valence-corrected chi connectivity index (χ2v) is 3.22. The molecule has 16 heavy (non-hydrogen) atoms. The van der Waals surface area contributed by atoms with Crippen LogP contribution in [0.5, 0.6) is 0 Å². The molecule has 2 rings (SSSR count). The molecule has 7 heteroatoms. The van der Waals surface area contributed by atoms with Crippen molar-refractivity contribution in [2.45, 2.75) is 6.04 Å². The van der Waals surface area contributed by atoms with Crippen molar-refractivity contribution in [3.05, 3.63) is 35.1 Å². The number of nitrogens with two attached hydrogens (primary N) is 1. The van der Waals surface area contributed by atoms with Gasteiger partial charge >= 0.3 is 6.03 Å². The summed E-state index contributed by atoms with van der Waals surface area (Å²) in [5.74, 6) is -4.37. The highest BCUT2D eigenvalue weighted by Gasteiger charge is 2.27. The van der Waals surface area contributed by atoms with Crippen LogP contribution in [0, 0.1) is 17.5 Å². The van der Waals surface area contributed by atoms with Gasteiger partial charge in [0.2, 0.25) is 0 Å². The average Bonchev–Trinajstić information content (AvgIpc) is 2.53. The smallest absolute Gasteiger partial charge is 0.343 e. The van der Waals surface area contributed by atoms with Gasteiger partial charge in [0.1, 0.15) is 11.9 Å². The molecule has 0 spiro atoms. The molecule has 84 valence electrons. The molecule has 0 fully saturated rings. The van der Waals surface area contributed by atoms with Crippen LogP contribution in [0.1, 0.15) is 11.6 Å². The van der Waals surface area contributed by atoms with Gasteiger partial charge in [-0.25, -0.2) is 18.0 Å². The standard InChI is InChI=1S/C9H6F3N3O/c10-4-1-3(2-5(11)6(4)12)7-8(13)15-9(16)14-7/h1-2,7H,(H3,13,14,15,16). The van der Waals surface area contributed by atoms with Crippen molar-refractivity contribution in [2.75, 3.05) is 0 Å². The van der Waals surface area contributed by atoms with Gasteiger partial charge in [-0.3, -0.25) is 0 Å². The van der Waals surface area contributed by atoms with E-state index in [2.05, 4.69) is 10.3 Å². The van der Waals surface area contributed by atoms with Crippen molar-refractivity contribution in [3.63, 3.8) is 0 Å². The lowest BCUT2D eigenvalue weighted by atomic mass is 10.1. The first kappa shape index (κ1) is 10.5. The van der Waals surface area contributed by atoms with Crippen LogP contribution < -0.4 is 11.1 Å². The molecule has 4 nitrogen and oxygen atoms in total. The Labute approximate surface area is 88.0 Å². The molecule has 0 bridgehead atoms. The van der Waals surface area contributed by atoms with Gasteiger partial charge in [0.15, 0.2) is 17.5 Å². The molecule has 2 amide bonds. The predicted octanol–water partition coefficient (Wildman–Crippen LogP) is 1.23. The van der Waals surface area contributed by atoms with Crippen LogP contribution in [0.2, 0.25) is 0 Å². The van der Waals surface area contributed by atoms with E-state index in [1.54, 1.807) is 0 Å². The highest BCUT2D eigenvalue weighted by Crippen LogP contribution is 2.21. The number of carbonyl (C=O) groups excluding carboxylic acids is 1. The zero-order chi connectivity index (χ0) is 11.9. The van der Waals surface area contributed by atoms with Crippen molar-refractivity contribution < 1.29 is 18.0 Å². The fourth-order valence-electron chi connectivity index (χ4n) is 1.41. The first-order valence-corrected chi connectivity index (χ1v) is 4.28. The van der Waals surface area contributed by atoms with E-state index in [4.69, 9.17) is 5.73 Å². The van der Waals surface area contributed by atoms with Crippen LogP contribution in [-0.2, 0) is 0 Å². The summed E-state index contributed by atoms with van der Waals surface area (Å²) >= 11 is 0. The number of amidine groups is 1. The van der Waals surface area contributed by atoms with E-state index in [0.29, 0.717) is 0 Å². The maximum absolute atomic E-state index is 12.9. The molecular weight excluding hydrogens is 223 g/mol. The Hall–Kier alpha value is -2.05. The van der Waals surface area contributed by atoms with Gasteiger partial charge in [0.25, 0.3) is 0 Å². The normalized spacial score (nSPS) is 19.6. The molecule has 0 radical (unpaired) electrons. The van der Waals surface area contributed by atoms with Gasteiger partial charge in [-0.2, -0.15) is 4.99 Å². The summed E-state index contributed by atoms with van der Waals surface area (Å²) in [6, 6.07) is -0.0987. The minimum absolute atomic E-state index is 0.00324. The summed E-state index contributed by atoms with van der Waals surface area (Å²) in [5, 5.41) is 2.27. The van der Waals surface area contributed by atoms with Crippen LogP contribution in [0.4, 0.5) is 18.0 Å².